The number of urea groups is 1. The summed E-state index contributed by atoms with van der Waals surface area (Å²) in [4.78, 5) is 25.6. The van der Waals surface area contributed by atoms with Crippen molar-refractivity contribution >= 4 is 12.0 Å². The summed E-state index contributed by atoms with van der Waals surface area (Å²) < 4.78 is 10.6. The van der Waals surface area contributed by atoms with Crippen LogP contribution < -0.4 is 10.1 Å². The molecule has 0 bridgehead atoms. The fourth-order valence-electron chi connectivity index (χ4n) is 2.91. The number of ether oxygens (including phenoxy) is 2. The molecule has 1 aliphatic heterocycles. The lowest BCUT2D eigenvalue weighted by atomic mass is 9.97. The molecule has 1 N–H and O–H groups in total. The number of esters is 1. The van der Waals surface area contributed by atoms with E-state index in [2.05, 4.69) is 12.2 Å². The Balaban J connectivity index is 1.68. The molecule has 2 rings (SSSR count). The van der Waals surface area contributed by atoms with Gasteiger partial charge in [0.1, 0.15) is 5.75 Å². The van der Waals surface area contributed by atoms with E-state index in [0.29, 0.717) is 32.5 Å². The van der Waals surface area contributed by atoms with Crippen LogP contribution in [0.4, 0.5) is 4.79 Å². The maximum atomic E-state index is 12.1. The predicted octanol–water partition coefficient (Wildman–Crippen LogP) is 2.96. The second-order valence-electron chi connectivity index (χ2n) is 6.18. The lowest BCUT2D eigenvalue weighted by molar-refractivity contribution is -0.149. The number of nitrogens with one attached hydrogen (secondary N) is 1. The number of aryl methyl sites for hydroxylation is 1. The van der Waals surface area contributed by atoms with Crippen molar-refractivity contribution in [3.8, 4) is 5.75 Å². The average Bonchev–Trinajstić information content (AvgIpc) is 2.63. The molecule has 6 heteroatoms. The second-order valence-corrected chi connectivity index (χ2v) is 6.18. The highest BCUT2D eigenvalue weighted by Crippen LogP contribution is 2.18. The van der Waals surface area contributed by atoms with Crippen LogP contribution in [-0.2, 0) is 16.0 Å². The number of rotatable bonds is 7. The Labute approximate surface area is 149 Å². The second kappa shape index (κ2) is 9.91. The first-order valence-electron chi connectivity index (χ1n) is 9.05. The van der Waals surface area contributed by atoms with E-state index in [0.717, 1.165) is 18.6 Å². The third-order valence-corrected chi connectivity index (χ3v) is 4.33. The molecular formula is C19H28N2O4. The van der Waals surface area contributed by atoms with Gasteiger partial charge in [0.15, 0.2) is 6.73 Å². The van der Waals surface area contributed by atoms with Gasteiger partial charge in [0, 0.05) is 13.1 Å². The third-order valence-electron chi connectivity index (χ3n) is 4.33. The summed E-state index contributed by atoms with van der Waals surface area (Å²) in [7, 11) is 0. The quantitative estimate of drug-likeness (QED) is 0.608. The Morgan fingerprint density at radius 2 is 1.84 bits per heavy atom. The normalized spacial score (nSPS) is 14.9. The van der Waals surface area contributed by atoms with Gasteiger partial charge in [-0.25, -0.2) is 4.79 Å². The Morgan fingerprint density at radius 1 is 1.16 bits per heavy atom. The fraction of sp³-hybridized carbons (Fsp3) is 0.579. The standard InChI is InChI=1S/C19H28N2O4/c1-3-5-15-6-8-17(9-7-15)25-14-20-19(23)21-12-10-16(11-13-21)18(22)24-4-2/h6-9,16H,3-5,10-14H2,1-2H3,(H,20,23). The van der Waals surface area contributed by atoms with Gasteiger partial charge in [0.05, 0.1) is 12.5 Å². The number of amides is 2. The summed E-state index contributed by atoms with van der Waals surface area (Å²) >= 11 is 0. The van der Waals surface area contributed by atoms with Crippen LogP contribution in [0.5, 0.6) is 5.75 Å². The van der Waals surface area contributed by atoms with Crippen LogP contribution in [-0.4, -0.2) is 43.3 Å². The van der Waals surface area contributed by atoms with Crippen molar-refractivity contribution in [2.75, 3.05) is 26.4 Å². The minimum Gasteiger partial charge on any atom is -0.473 e. The molecule has 6 nitrogen and oxygen atoms in total. The summed E-state index contributed by atoms with van der Waals surface area (Å²) in [5.74, 6) is 0.487. The van der Waals surface area contributed by atoms with Crippen LogP contribution in [0.1, 0.15) is 38.7 Å². The van der Waals surface area contributed by atoms with Gasteiger partial charge < -0.3 is 19.7 Å². The Hall–Kier alpha value is -2.24. The van der Waals surface area contributed by atoms with Gasteiger partial charge >= 0.3 is 12.0 Å². The Bertz CT molecular complexity index is 551. The zero-order valence-corrected chi connectivity index (χ0v) is 15.1. The van der Waals surface area contributed by atoms with Crippen LogP contribution in [0, 0.1) is 5.92 Å². The molecular weight excluding hydrogens is 320 g/mol. The molecule has 0 aromatic heterocycles. The first-order valence-corrected chi connectivity index (χ1v) is 9.05. The zero-order valence-electron chi connectivity index (χ0n) is 15.1. The van der Waals surface area contributed by atoms with Gasteiger partial charge in [-0.05, 0) is 43.9 Å². The molecule has 25 heavy (non-hydrogen) atoms. The van der Waals surface area contributed by atoms with E-state index in [1.807, 2.05) is 24.3 Å². The molecule has 1 saturated heterocycles. The summed E-state index contributed by atoms with van der Waals surface area (Å²) in [5, 5.41) is 2.76. The summed E-state index contributed by atoms with van der Waals surface area (Å²) in [6.45, 7) is 5.59. The van der Waals surface area contributed by atoms with Crippen molar-refractivity contribution < 1.29 is 19.1 Å². The number of nitrogens with zero attached hydrogens (tertiary/aromatic N) is 1. The molecule has 0 saturated carbocycles. The first kappa shape index (κ1) is 19.1. The van der Waals surface area contributed by atoms with Crippen LogP contribution in [0.15, 0.2) is 24.3 Å². The monoisotopic (exact) mass is 348 g/mol. The smallest absolute Gasteiger partial charge is 0.320 e. The molecule has 1 heterocycles. The number of likely N-dealkylation sites (tertiary alicyclic amines) is 1. The highest BCUT2D eigenvalue weighted by molar-refractivity contribution is 5.75. The van der Waals surface area contributed by atoms with Crippen molar-refractivity contribution in [1.29, 1.82) is 0 Å². The van der Waals surface area contributed by atoms with Gasteiger partial charge in [-0.2, -0.15) is 0 Å². The molecule has 0 atom stereocenters. The molecule has 2 amide bonds. The van der Waals surface area contributed by atoms with Crippen LogP contribution >= 0.6 is 0 Å². The summed E-state index contributed by atoms with van der Waals surface area (Å²) in [6.07, 6.45) is 3.46. The molecule has 138 valence electrons. The molecule has 0 radical (unpaired) electrons. The molecule has 0 unspecified atom stereocenters. The van der Waals surface area contributed by atoms with E-state index >= 15 is 0 Å². The molecule has 1 aromatic rings. The summed E-state index contributed by atoms with van der Waals surface area (Å²) in [6, 6.07) is 7.76. The molecule has 1 fully saturated rings. The van der Waals surface area contributed by atoms with E-state index < -0.39 is 0 Å². The minimum atomic E-state index is -0.162. The van der Waals surface area contributed by atoms with Crippen molar-refractivity contribution in [3.63, 3.8) is 0 Å². The van der Waals surface area contributed by atoms with Gasteiger partial charge in [0.2, 0.25) is 0 Å². The average molecular weight is 348 g/mol. The lowest BCUT2D eigenvalue weighted by Gasteiger charge is -2.30. The highest BCUT2D eigenvalue weighted by Gasteiger charge is 2.28. The number of carbonyl (C=O) groups excluding carboxylic acids is 2. The number of carbonyl (C=O) groups is 2. The maximum Gasteiger partial charge on any atom is 0.320 e. The van der Waals surface area contributed by atoms with Gasteiger partial charge in [0.25, 0.3) is 0 Å². The SMILES string of the molecule is CCCc1ccc(OCNC(=O)N2CCC(C(=O)OCC)CC2)cc1. The van der Waals surface area contributed by atoms with Gasteiger partial charge in [-0.3, -0.25) is 4.79 Å². The molecule has 1 aromatic carbocycles. The molecule has 0 aliphatic carbocycles. The minimum absolute atomic E-state index is 0.0955. The first-order chi connectivity index (χ1) is 12.1. The lowest BCUT2D eigenvalue weighted by Crippen LogP contribution is -2.46. The zero-order chi connectivity index (χ0) is 18.1. The Morgan fingerprint density at radius 3 is 2.44 bits per heavy atom. The summed E-state index contributed by atoms with van der Waals surface area (Å²) in [5.41, 5.74) is 1.28. The Kier molecular flexibility index (Phi) is 7.57. The van der Waals surface area contributed by atoms with E-state index in [1.165, 1.54) is 5.56 Å². The van der Waals surface area contributed by atoms with Crippen molar-refractivity contribution in [1.82, 2.24) is 10.2 Å². The van der Waals surface area contributed by atoms with Crippen molar-refractivity contribution in [2.45, 2.75) is 39.5 Å². The van der Waals surface area contributed by atoms with Crippen molar-refractivity contribution in [3.05, 3.63) is 29.8 Å². The van der Waals surface area contributed by atoms with Crippen LogP contribution in [0.2, 0.25) is 0 Å². The van der Waals surface area contributed by atoms with Crippen LogP contribution in [0.3, 0.4) is 0 Å². The number of hydrogen-bond acceptors (Lipinski definition) is 4. The van der Waals surface area contributed by atoms with E-state index in [4.69, 9.17) is 9.47 Å². The number of benzene rings is 1. The van der Waals surface area contributed by atoms with E-state index in [-0.39, 0.29) is 24.6 Å². The molecule has 1 aliphatic rings. The number of piperidine rings is 1. The molecule has 0 spiro atoms. The van der Waals surface area contributed by atoms with E-state index in [9.17, 15) is 9.59 Å². The van der Waals surface area contributed by atoms with Crippen molar-refractivity contribution in [2.24, 2.45) is 5.92 Å². The largest absolute Gasteiger partial charge is 0.473 e. The topological polar surface area (TPSA) is 67.9 Å². The van der Waals surface area contributed by atoms with E-state index in [1.54, 1.807) is 11.8 Å². The number of hydrogen-bond donors (Lipinski definition) is 1. The van der Waals surface area contributed by atoms with Crippen LogP contribution in [0.25, 0.3) is 0 Å². The third kappa shape index (κ3) is 5.96. The van der Waals surface area contributed by atoms with Gasteiger partial charge in [-0.15, -0.1) is 0 Å². The maximum absolute atomic E-state index is 12.1. The highest BCUT2D eigenvalue weighted by atomic mass is 16.5. The van der Waals surface area contributed by atoms with Gasteiger partial charge in [-0.1, -0.05) is 25.5 Å². The fourth-order valence-corrected chi connectivity index (χ4v) is 2.91. The predicted molar refractivity (Wildman–Crippen MR) is 95.4 cm³/mol.